The van der Waals surface area contributed by atoms with E-state index < -0.39 is 11.4 Å². The third-order valence-electron chi connectivity index (χ3n) is 6.88. The average molecular weight is 409 g/mol. The van der Waals surface area contributed by atoms with Crippen LogP contribution in [-0.4, -0.2) is 18.4 Å². The van der Waals surface area contributed by atoms with Crippen LogP contribution in [0.25, 0.3) is 0 Å². The Balaban J connectivity index is 1.41. The van der Waals surface area contributed by atoms with Gasteiger partial charge in [0.15, 0.2) is 12.4 Å². The monoisotopic (exact) mass is 408 g/mol. The second-order valence-corrected chi connectivity index (χ2v) is 8.73. The normalized spacial score (nSPS) is 18.8. The molecule has 2 aliphatic rings. The van der Waals surface area contributed by atoms with Crippen molar-refractivity contribution in [1.29, 1.82) is 0 Å². The molecule has 0 aromatic heterocycles. The molecule has 0 N–H and O–H groups in total. The van der Waals surface area contributed by atoms with Crippen molar-refractivity contribution in [1.82, 2.24) is 0 Å². The van der Waals surface area contributed by atoms with E-state index in [1.165, 1.54) is 43.7 Å². The van der Waals surface area contributed by atoms with E-state index in [1.54, 1.807) is 18.2 Å². The van der Waals surface area contributed by atoms with E-state index in [0.717, 1.165) is 12.8 Å². The molecule has 158 valence electrons. The third-order valence-corrected chi connectivity index (χ3v) is 6.88. The average Bonchev–Trinajstić information content (AvgIpc) is 3.29. The lowest BCUT2D eigenvalue weighted by molar-refractivity contribution is -0.149. The standard InChI is InChI=1S/C26H29FO3/c27-23-11-5-4-10-22(23)26(16-6-7-17-26)25(29)30-18-24(28)21-14-12-20(13-15-21)19-8-2-1-3-9-19/h4-5,10-15,19H,1-3,6-9,16-18H2. The first kappa shape index (κ1) is 20.8. The van der Waals surface area contributed by atoms with E-state index in [9.17, 15) is 14.0 Å². The molecular formula is C26H29FO3. The fraction of sp³-hybridized carbons (Fsp3) is 0.462. The molecule has 4 rings (SSSR count). The predicted molar refractivity (Wildman–Crippen MR) is 114 cm³/mol. The topological polar surface area (TPSA) is 43.4 Å². The number of benzene rings is 2. The Bertz CT molecular complexity index is 891. The molecule has 30 heavy (non-hydrogen) atoms. The third kappa shape index (κ3) is 4.19. The largest absolute Gasteiger partial charge is 0.457 e. The predicted octanol–water partition coefficient (Wildman–Crippen LogP) is 6.11. The summed E-state index contributed by atoms with van der Waals surface area (Å²) < 4.78 is 19.9. The molecule has 0 spiro atoms. The summed E-state index contributed by atoms with van der Waals surface area (Å²) in [6.45, 7) is -0.308. The lowest BCUT2D eigenvalue weighted by atomic mass is 9.78. The quantitative estimate of drug-likeness (QED) is 0.428. The van der Waals surface area contributed by atoms with Gasteiger partial charge < -0.3 is 4.74 Å². The molecule has 0 atom stereocenters. The molecule has 0 aliphatic heterocycles. The van der Waals surface area contributed by atoms with Gasteiger partial charge in [-0.15, -0.1) is 0 Å². The molecule has 0 radical (unpaired) electrons. The molecule has 2 aromatic rings. The molecule has 2 saturated carbocycles. The van der Waals surface area contributed by atoms with E-state index in [2.05, 4.69) is 0 Å². The minimum absolute atomic E-state index is 0.222. The number of ether oxygens (including phenoxy) is 1. The van der Waals surface area contributed by atoms with E-state index in [-0.39, 0.29) is 18.2 Å². The zero-order valence-corrected chi connectivity index (χ0v) is 17.4. The van der Waals surface area contributed by atoms with Crippen molar-refractivity contribution < 1.29 is 18.7 Å². The maximum absolute atomic E-state index is 14.4. The van der Waals surface area contributed by atoms with Crippen molar-refractivity contribution in [2.45, 2.75) is 69.1 Å². The maximum Gasteiger partial charge on any atom is 0.317 e. The van der Waals surface area contributed by atoms with Crippen molar-refractivity contribution in [3.63, 3.8) is 0 Å². The number of hydrogen-bond donors (Lipinski definition) is 0. The Morgan fingerprint density at radius 3 is 2.23 bits per heavy atom. The van der Waals surface area contributed by atoms with E-state index in [1.807, 2.05) is 24.3 Å². The molecule has 0 heterocycles. The van der Waals surface area contributed by atoms with E-state index in [4.69, 9.17) is 4.74 Å². The Labute approximate surface area is 177 Å². The zero-order chi connectivity index (χ0) is 21.0. The van der Waals surface area contributed by atoms with Crippen LogP contribution in [0.3, 0.4) is 0 Å². The van der Waals surface area contributed by atoms with Crippen LogP contribution in [0, 0.1) is 5.82 Å². The fourth-order valence-electron chi connectivity index (χ4n) is 5.14. The summed E-state index contributed by atoms with van der Waals surface area (Å²) in [7, 11) is 0. The van der Waals surface area contributed by atoms with Gasteiger partial charge in [0, 0.05) is 11.1 Å². The Morgan fingerprint density at radius 1 is 0.900 bits per heavy atom. The Kier molecular flexibility index (Phi) is 6.31. The highest BCUT2D eigenvalue weighted by molar-refractivity contribution is 5.98. The number of halogens is 1. The highest BCUT2D eigenvalue weighted by atomic mass is 19.1. The van der Waals surface area contributed by atoms with Crippen LogP contribution in [0.4, 0.5) is 4.39 Å². The number of carbonyl (C=O) groups is 2. The summed E-state index contributed by atoms with van der Waals surface area (Å²) in [5.41, 5.74) is 1.24. The zero-order valence-electron chi connectivity index (χ0n) is 17.4. The highest BCUT2D eigenvalue weighted by Crippen LogP contribution is 2.43. The molecule has 0 saturated heterocycles. The Morgan fingerprint density at radius 2 is 1.57 bits per heavy atom. The first-order valence-electron chi connectivity index (χ1n) is 11.2. The molecule has 4 heteroatoms. The maximum atomic E-state index is 14.4. The number of carbonyl (C=O) groups excluding carboxylic acids is 2. The van der Waals surface area contributed by atoms with Crippen molar-refractivity contribution >= 4 is 11.8 Å². The molecule has 3 nitrogen and oxygen atoms in total. The van der Waals surface area contributed by atoms with Crippen molar-refractivity contribution in [2.24, 2.45) is 0 Å². The minimum Gasteiger partial charge on any atom is -0.457 e. The van der Waals surface area contributed by atoms with Crippen LogP contribution >= 0.6 is 0 Å². The van der Waals surface area contributed by atoms with Crippen LogP contribution < -0.4 is 0 Å². The van der Waals surface area contributed by atoms with Crippen LogP contribution in [0.5, 0.6) is 0 Å². The summed E-state index contributed by atoms with van der Waals surface area (Å²) in [5.74, 6) is -0.512. The van der Waals surface area contributed by atoms with E-state index in [0.29, 0.717) is 29.9 Å². The summed E-state index contributed by atoms with van der Waals surface area (Å²) in [6.07, 6.45) is 9.07. The second kappa shape index (κ2) is 9.11. The van der Waals surface area contributed by atoms with Gasteiger partial charge in [0.25, 0.3) is 0 Å². The summed E-state index contributed by atoms with van der Waals surface area (Å²) in [5, 5.41) is 0. The van der Waals surface area contributed by atoms with Gasteiger partial charge in [0.05, 0.1) is 5.41 Å². The number of rotatable bonds is 6. The fourth-order valence-corrected chi connectivity index (χ4v) is 5.14. The van der Waals surface area contributed by atoms with Crippen LogP contribution in [0.1, 0.15) is 85.2 Å². The van der Waals surface area contributed by atoms with Crippen molar-refractivity contribution in [3.8, 4) is 0 Å². The number of hydrogen-bond acceptors (Lipinski definition) is 3. The molecule has 0 bridgehead atoms. The van der Waals surface area contributed by atoms with Crippen molar-refractivity contribution in [3.05, 3.63) is 71.0 Å². The SMILES string of the molecule is O=C(COC(=O)C1(c2ccccc2F)CCCC1)c1ccc(C2CCCCC2)cc1. The summed E-state index contributed by atoms with van der Waals surface area (Å²) >= 11 is 0. The van der Waals surface area contributed by atoms with Gasteiger partial charge in [0.1, 0.15) is 5.82 Å². The van der Waals surface area contributed by atoms with Crippen LogP contribution in [-0.2, 0) is 14.9 Å². The second-order valence-electron chi connectivity index (χ2n) is 8.73. The van der Waals surface area contributed by atoms with Crippen LogP contribution in [0.15, 0.2) is 48.5 Å². The minimum atomic E-state index is -0.976. The molecule has 2 aromatic carbocycles. The number of Topliss-reactive ketones (excluding diaryl/α,β-unsaturated/α-hetero) is 1. The lowest BCUT2D eigenvalue weighted by Crippen LogP contribution is -2.36. The molecule has 2 fully saturated rings. The first-order valence-corrected chi connectivity index (χ1v) is 11.2. The van der Waals surface area contributed by atoms with Gasteiger partial charge in [-0.2, -0.15) is 0 Å². The Hall–Kier alpha value is -2.49. The van der Waals surface area contributed by atoms with Crippen LogP contribution in [0.2, 0.25) is 0 Å². The number of ketones is 1. The molecule has 0 unspecified atom stereocenters. The van der Waals surface area contributed by atoms with Gasteiger partial charge in [0.2, 0.25) is 0 Å². The van der Waals surface area contributed by atoms with Gasteiger partial charge in [-0.05, 0) is 43.2 Å². The van der Waals surface area contributed by atoms with Gasteiger partial charge in [-0.25, -0.2) is 4.39 Å². The van der Waals surface area contributed by atoms with E-state index >= 15 is 0 Å². The summed E-state index contributed by atoms with van der Waals surface area (Å²) in [6, 6.07) is 14.1. The number of esters is 1. The molecule has 2 aliphatic carbocycles. The molecule has 0 amide bonds. The van der Waals surface area contributed by atoms with Gasteiger partial charge in [-0.1, -0.05) is 74.6 Å². The highest BCUT2D eigenvalue weighted by Gasteiger charge is 2.45. The smallest absolute Gasteiger partial charge is 0.317 e. The van der Waals surface area contributed by atoms with Gasteiger partial charge in [-0.3, -0.25) is 9.59 Å². The molecular weight excluding hydrogens is 379 g/mol. The lowest BCUT2D eigenvalue weighted by Gasteiger charge is -2.27. The summed E-state index contributed by atoms with van der Waals surface area (Å²) in [4.78, 5) is 25.6. The van der Waals surface area contributed by atoms with Crippen molar-refractivity contribution in [2.75, 3.05) is 6.61 Å². The van der Waals surface area contributed by atoms with Gasteiger partial charge >= 0.3 is 5.97 Å². The first-order chi connectivity index (χ1) is 14.6.